The molecular formula is C41H28O4. The van der Waals surface area contributed by atoms with Crippen molar-refractivity contribution in [2.24, 2.45) is 0 Å². The van der Waals surface area contributed by atoms with E-state index in [2.05, 4.69) is 97.1 Å². The molecular weight excluding hydrogens is 556 g/mol. The van der Waals surface area contributed by atoms with Crippen molar-refractivity contribution in [3.05, 3.63) is 166 Å². The van der Waals surface area contributed by atoms with Gasteiger partial charge in [0.25, 0.3) is 0 Å². The topological polar surface area (TPSA) is 80.9 Å². The van der Waals surface area contributed by atoms with Gasteiger partial charge in [0.2, 0.25) is 0 Å². The van der Waals surface area contributed by atoms with E-state index in [9.17, 15) is 20.4 Å². The molecule has 10 rings (SSSR count). The van der Waals surface area contributed by atoms with Crippen LogP contribution in [0, 0.1) is 0 Å². The second-order valence-electron chi connectivity index (χ2n) is 13.2. The Hall–Kier alpha value is -5.48. The van der Waals surface area contributed by atoms with Crippen molar-refractivity contribution >= 4 is 0 Å². The molecule has 0 saturated carbocycles. The van der Waals surface area contributed by atoms with Crippen LogP contribution in [0.15, 0.2) is 121 Å². The van der Waals surface area contributed by atoms with Crippen molar-refractivity contribution in [1.29, 1.82) is 0 Å². The van der Waals surface area contributed by atoms with Gasteiger partial charge in [0.1, 0.15) is 0 Å². The van der Waals surface area contributed by atoms with Crippen molar-refractivity contribution in [3.63, 3.8) is 0 Å². The molecule has 6 aromatic carbocycles. The number of aromatic hydroxyl groups is 4. The second-order valence-corrected chi connectivity index (χ2v) is 13.2. The van der Waals surface area contributed by atoms with E-state index in [4.69, 9.17) is 0 Å². The molecule has 3 spiro atoms. The predicted octanol–water partition coefficient (Wildman–Crippen LogP) is 8.23. The lowest BCUT2D eigenvalue weighted by Gasteiger charge is -2.35. The minimum atomic E-state index is -0.684. The van der Waals surface area contributed by atoms with E-state index < -0.39 is 16.2 Å². The number of phenolic OH excluding ortho intramolecular Hbond substituents is 4. The van der Waals surface area contributed by atoms with Gasteiger partial charge < -0.3 is 20.4 Å². The Balaban J connectivity index is 1.36. The quantitative estimate of drug-likeness (QED) is 0.136. The van der Waals surface area contributed by atoms with Crippen LogP contribution in [0.25, 0.3) is 22.3 Å². The minimum absolute atomic E-state index is 0.148. The molecule has 4 N–H and O–H groups in total. The fourth-order valence-corrected chi connectivity index (χ4v) is 9.95. The van der Waals surface area contributed by atoms with Gasteiger partial charge in [-0.3, -0.25) is 0 Å². The minimum Gasteiger partial charge on any atom is -0.504 e. The number of hydrogen-bond donors (Lipinski definition) is 4. The highest BCUT2D eigenvalue weighted by Gasteiger charge is 2.66. The van der Waals surface area contributed by atoms with Gasteiger partial charge in [-0.15, -0.1) is 0 Å². The number of fused-ring (bicyclic) bond motifs is 16. The number of benzene rings is 6. The summed E-state index contributed by atoms with van der Waals surface area (Å²) in [5.74, 6) is -0.625. The summed E-state index contributed by atoms with van der Waals surface area (Å²) < 4.78 is 0. The van der Waals surface area contributed by atoms with Crippen LogP contribution in [0.3, 0.4) is 0 Å². The third-order valence-electron chi connectivity index (χ3n) is 11.4. The van der Waals surface area contributed by atoms with Crippen molar-refractivity contribution in [3.8, 4) is 45.3 Å². The van der Waals surface area contributed by atoms with E-state index >= 15 is 0 Å². The zero-order chi connectivity index (χ0) is 30.3. The van der Waals surface area contributed by atoms with Crippen LogP contribution < -0.4 is 0 Å². The van der Waals surface area contributed by atoms with Gasteiger partial charge in [0.05, 0.1) is 0 Å². The molecule has 4 aliphatic carbocycles. The molecule has 216 valence electrons. The van der Waals surface area contributed by atoms with Gasteiger partial charge in [-0.2, -0.15) is 0 Å². The van der Waals surface area contributed by atoms with Crippen LogP contribution in [-0.4, -0.2) is 20.4 Å². The van der Waals surface area contributed by atoms with Crippen LogP contribution in [0.2, 0.25) is 0 Å². The summed E-state index contributed by atoms with van der Waals surface area (Å²) in [6.45, 7) is 0. The van der Waals surface area contributed by atoms with E-state index in [1.165, 1.54) is 44.5 Å². The van der Waals surface area contributed by atoms with Crippen LogP contribution in [0.1, 0.15) is 57.3 Å². The van der Waals surface area contributed by atoms with E-state index in [0.717, 1.165) is 22.3 Å². The maximum absolute atomic E-state index is 11.1. The summed E-state index contributed by atoms with van der Waals surface area (Å²) in [7, 11) is 0. The number of rotatable bonds is 0. The SMILES string of the molecule is Oc1cc2c(cc1O)C1(CC23CC2(c4ccccc4-c4ccccc42)c2cc(O)c(O)cc23)c2ccccc2-c2ccccc21. The van der Waals surface area contributed by atoms with E-state index in [0.29, 0.717) is 12.8 Å². The Kier molecular flexibility index (Phi) is 4.41. The Bertz CT molecular complexity index is 2040. The Morgan fingerprint density at radius 2 is 0.600 bits per heavy atom. The highest BCUT2D eigenvalue weighted by atomic mass is 16.3. The summed E-state index contributed by atoms with van der Waals surface area (Å²) in [4.78, 5) is 0. The van der Waals surface area contributed by atoms with Gasteiger partial charge in [0, 0.05) is 16.2 Å². The zero-order valence-electron chi connectivity index (χ0n) is 24.3. The van der Waals surface area contributed by atoms with E-state index in [-0.39, 0.29) is 23.0 Å². The lowest BCUT2D eigenvalue weighted by atomic mass is 9.66. The second kappa shape index (κ2) is 7.96. The van der Waals surface area contributed by atoms with Gasteiger partial charge >= 0.3 is 0 Å². The molecule has 0 bridgehead atoms. The molecule has 0 unspecified atom stereocenters. The zero-order valence-corrected chi connectivity index (χ0v) is 24.3. The van der Waals surface area contributed by atoms with E-state index in [1.54, 1.807) is 24.3 Å². The largest absolute Gasteiger partial charge is 0.504 e. The maximum Gasteiger partial charge on any atom is 0.157 e. The third kappa shape index (κ3) is 2.68. The average Bonchev–Trinajstić information content (AvgIpc) is 3.71. The maximum atomic E-state index is 11.1. The van der Waals surface area contributed by atoms with E-state index in [1.807, 2.05) is 0 Å². The summed E-state index contributed by atoms with van der Waals surface area (Å²) in [6, 6.07) is 41.1. The van der Waals surface area contributed by atoms with Gasteiger partial charge in [-0.1, -0.05) is 97.1 Å². The standard InChI is InChI=1S/C41H28O4/c42-35-17-31-33(19-37(35)44)40(27-13-5-1-9-23(27)24-10-2-6-14-28(24)40)21-39(31)22-41(34-20-38(45)36(43)18-32(34)39)29-15-7-3-11-25(29)26-12-4-8-16-30(26)41/h1-20,42-45H,21-22H2. The first kappa shape index (κ1) is 24.9. The first-order valence-corrected chi connectivity index (χ1v) is 15.4. The molecule has 0 fully saturated rings. The van der Waals surface area contributed by atoms with Crippen LogP contribution in [0.5, 0.6) is 23.0 Å². The first-order valence-electron chi connectivity index (χ1n) is 15.4. The van der Waals surface area contributed by atoms with Crippen molar-refractivity contribution in [2.75, 3.05) is 0 Å². The molecule has 4 heteroatoms. The molecule has 0 saturated heterocycles. The summed E-state index contributed by atoms with van der Waals surface area (Å²) in [6.07, 6.45) is 1.27. The number of hydrogen-bond acceptors (Lipinski definition) is 4. The van der Waals surface area contributed by atoms with Crippen LogP contribution in [-0.2, 0) is 16.2 Å². The van der Waals surface area contributed by atoms with Gasteiger partial charge in [0.15, 0.2) is 23.0 Å². The smallest absolute Gasteiger partial charge is 0.157 e. The van der Waals surface area contributed by atoms with Crippen molar-refractivity contribution in [1.82, 2.24) is 0 Å². The summed E-state index contributed by atoms with van der Waals surface area (Å²) in [5.41, 5.74) is 11.3. The lowest BCUT2D eigenvalue weighted by Crippen LogP contribution is -2.32. The first-order chi connectivity index (χ1) is 21.9. The number of phenols is 4. The molecule has 45 heavy (non-hydrogen) atoms. The lowest BCUT2D eigenvalue weighted by molar-refractivity contribution is 0.393. The highest BCUT2D eigenvalue weighted by molar-refractivity contribution is 5.89. The molecule has 0 radical (unpaired) electrons. The fraction of sp³-hybridized carbons (Fsp3) is 0.122. The summed E-state index contributed by atoms with van der Waals surface area (Å²) in [5, 5.41) is 44.4. The Morgan fingerprint density at radius 3 is 0.911 bits per heavy atom. The third-order valence-corrected chi connectivity index (χ3v) is 11.4. The molecule has 6 aromatic rings. The highest BCUT2D eigenvalue weighted by Crippen LogP contribution is 2.73. The monoisotopic (exact) mass is 584 g/mol. The van der Waals surface area contributed by atoms with Crippen molar-refractivity contribution < 1.29 is 20.4 Å². The predicted molar refractivity (Wildman–Crippen MR) is 173 cm³/mol. The van der Waals surface area contributed by atoms with Crippen LogP contribution >= 0.6 is 0 Å². The molecule has 0 aliphatic heterocycles. The molecule has 0 atom stereocenters. The molecule has 4 nitrogen and oxygen atoms in total. The molecule has 0 aromatic heterocycles. The summed E-state index contributed by atoms with van der Waals surface area (Å²) >= 11 is 0. The van der Waals surface area contributed by atoms with Crippen molar-refractivity contribution in [2.45, 2.75) is 29.1 Å². The Labute approximate surface area is 260 Å². The van der Waals surface area contributed by atoms with Gasteiger partial charge in [-0.05, 0) is 104 Å². The normalized spacial score (nSPS) is 17.6. The molecule has 0 amide bonds. The fourth-order valence-electron chi connectivity index (χ4n) is 9.95. The van der Waals surface area contributed by atoms with Crippen LogP contribution in [0.4, 0.5) is 0 Å². The molecule has 4 aliphatic rings. The Morgan fingerprint density at radius 1 is 0.333 bits per heavy atom. The molecule has 0 heterocycles. The average molecular weight is 585 g/mol. The van der Waals surface area contributed by atoms with Gasteiger partial charge in [-0.25, -0.2) is 0 Å².